The quantitative estimate of drug-likeness (QED) is 0.877. The number of nitrogens with one attached hydrogen (secondary N) is 1. The summed E-state index contributed by atoms with van der Waals surface area (Å²) in [5.41, 5.74) is 1.13. The zero-order valence-electron chi connectivity index (χ0n) is 10.8. The minimum atomic E-state index is 0.639. The molecule has 2 rings (SSSR count). The Hall–Kier alpha value is -0.450. The number of hydrogen-bond acceptors (Lipinski definition) is 4. The van der Waals surface area contributed by atoms with Crippen LogP contribution in [0.4, 0.5) is 0 Å². The lowest BCUT2D eigenvalue weighted by atomic mass is 9.90. The van der Waals surface area contributed by atoms with Crippen LogP contribution in [0.5, 0.6) is 0 Å². The number of hydrogen-bond donors (Lipinski definition) is 1. The summed E-state index contributed by atoms with van der Waals surface area (Å²) in [5, 5.41) is 4.55. The maximum Gasteiger partial charge on any atom is 0.0963 e. The van der Waals surface area contributed by atoms with Crippen molar-refractivity contribution in [3.05, 3.63) is 15.6 Å². The summed E-state index contributed by atoms with van der Waals surface area (Å²) < 4.78 is 5.23. The average molecular weight is 254 g/mol. The van der Waals surface area contributed by atoms with Crippen LogP contribution in [0.25, 0.3) is 0 Å². The SMILES string of the molecule is CNCc1sc(C2CCCCC2)nc1COC. The van der Waals surface area contributed by atoms with Crippen molar-refractivity contribution in [2.75, 3.05) is 14.2 Å². The molecule has 0 aromatic carbocycles. The second-order valence-electron chi connectivity index (χ2n) is 4.72. The van der Waals surface area contributed by atoms with Crippen molar-refractivity contribution in [3.63, 3.8) is 0 Å². The van der Waals surface area contributed by atoms with Gasteiger partial charge in [-0.15, -0.1) is 11.3 Å². The van der Waals surface area contributed by atoms with Gasteiger partial charge in [-0.25, -0.2) is 4.98 Å². The molecule has 4 heteroatoms. The van der Waals surface area contributed by atoms with Crippen molar-refractivity contribution < 1.29 is 4.74 Å². The molecule has 1 fully saturated rings. The molecule has 1 heterocycles. The second kappa shape index (κ2) is 6.47. The fourth-order valence-electron chi connectivity index (χ4n) is 2.48. The molecule has 0 atom stereocenters. The molecular formula is C13H22N2OS. The Morgan fingerprint density at radius 1 is 1.35 bits per heavy atom. The molecule has 1 aliphatic carbocycles. The van der Waals surface area contributed by atoms with E-state index in [9.17, 15) is 0 Å². The van der Waals surface area contributed by atoms with Crippen molar-refractivity contribution >= 4 is 11.3 Å². The maximum absolute atomic E-state index is 5.23. The summed E-state index contributed by atoms with van der Waals surface area (Å²) in [6, 6.07) is 0. The lowest BCUT2D eigenvalue weighted by Gasteiger charge is -2.18. The van der Waals surface area contributed by atoms with E-state index in [2.05, 4.69) is 5.32 Å². The van der Waals surface area contributed by atoms with Crippen LogP contribution < -0.4 is 5.32 Å². The molecule has 0 radical (unpaired) electrons. The number of aromatic nitrogens is 1. The van der Waals surface area contributed by atoms with E-state index in [-0.39, 0.29) is 0 Å². The van der Waals surface area contributed by atoms with E-state index in [1.807, 2.05) is 18.4 Å². The Morgan fingerprint density at radius 3 is 2.76 bits per heavy atom. The normalized spacial score (nSPS) is 17.5. The Balaban J connectivity index is 2.13. The third-order valence-corrected chi connectivity index (χ3v) is 4.63. The van der Waals surface area contributed by atoms with Crippen LogP contribution in [0.3, 0.4) is 0 Å². The van der Waals surface area contributed by atoms with Crippen molar-refractivity contribution in [2.24, 2.45) is 0 Å². The van der Waals surface area contributed by atoms with E-state index in [0.717, 1.165) is 12.2 Å². The summed E-state index contributed by atoms with van der Waals surface area (Å²) in [7, 11) is 3.72. The molecule has 0 saturated heterocycles. The minimum absolute atomic E-state index is 0.639. The number of rotatable bonds is 5. The highest BCUT2D eigenvalue weighted by Crippen LogP contribution is 2.36. The maximum atomic E-state index is 5.23. The van der Waals surface area contributed by atoms with Gasteiger partial charge in [0.25, 0.3) is 0 Å². The molecule has 0 bridgehead atoms. The zero-order valence-corrected chi connectivity index (χ0v) is 11.6. The lowest BCUT2D eigenvalue weighted by molar-refractivity contribution is 0.181. The molecule has 1 saturated carbocycles. The van der Waals surface area contributed by atoms with Crippen LogP contribution in [0.2, 0.25) is 0 Å². The van der Waals surface area contributed by atoms with Gasteiger partial charge in [0.1, 0.15) is 0 Å². The van der Waals surface area contributed by atoms with Crippen LogP contribution in [0.1, 0.15) is 53.6 Å². The molecule has 1 N–H and O–H groups in total. The van der Waals surface area contributed by atoms with E-state index >= 15 is 0 Å². The van der Waals surface area contributed by atoms with Gasteiger partial charge in [-0.3, -0.25) is 0 Å². The highest BCUT2D eigenvalue weighted by Gasteiger charge is 2.20. The summed E-state index contributed by atoms with van der Waals surface area (Å²) in [6.45, 7) is 1.54. The molecule has 1 aromatic rings. The highest BCUT2D eigenvalue weighted by molar-refractivity contribution is 7.11. The van der Waals surface area contributed by atoms with Gasteiger partial charge in [0.05, 0.1) is 17.3 Å². The predicted molar refractivity (Wildman–Crippen MR) is 71.4 cm³/mol. The first-order chi connectivity index (χ1) is 8.35. The van der Waals surface area contributed by atoms with E-state index < -0.39 is 0 Å². The second-order valence-corrected chi connectivity index (χ2v) is 5.84. The smallest absolute Gasteiger partial charge is 0.0963 e. The average Bonchev–Trinajstić information content (AvgIpc) is 2.75. The Labute approximate surface area is 108 Å². The first-order valence-electron chi connectivity index (χ1n) is 6.47. The number of ether oxygens (including phenoxy) is 1. The highest BCUT2D eigenvalue weighted by atomic mass is 32.1. The van der Waals surface area contributed by atoms with Crippen molar-refractivity contribution in [2.45, 2.75) is 51.2 Å². The lowest BCUT2D eigenvalue weighted by Crippen LogP contribution is -2.06. The van der Waals surface area contributed by atoms with Crippen molar-refractivity contribution in [1.29, 1.82) is 0 Å². The van der Waals surface area contributed by atoms with Gasteiger partial charge in [0.15, 0.2) is 0 Å². The van der Waals surface area contributed by atoms with Gasteiger partial charge in [-0.2, -0.15) is 0 Å². The molecule has 1 aromatic heterocycles. The monoisotopic (exact) mass is 254 g/mol. The molecular weight excluding hydrogens is 232 g/mol. The number of methoxy groups -OCH3 is 1. The third kappa shape index (κ3) is 3.27. The summed E-state index contributed by atoms with van der Waals surface area (Å²) in [5.74, 6) is 0.704. The van der Waals surface area contributed by atoms with Gasteiger partial charge in [-0.1, -0.05) is 19.3 Å². The fourth-order valence-corrected chi connectivity index (χ4v) is 3.73. The Morgan fingerprint density at radius 2 is 2.12 bits per heavy atom. The predicted octanol–water partition coefficient (Wildman–Crippen LogP) is 3.06. The zero-order chi connectivity index (χ0) is 12.1. The molecule has 17 heavy (non-hydrogen) atoms. The Bertz CT molecular complexity index is 322. The Kier molecular flexibility index (Phi) is 4.95. The topological polar surface area (TPSA) is 34.2 Å². The van der Waals surface area contributed by atoms with Crippen LogP contribution in [-0.4, -0.2) is 19.1 Å². The third-order valence-electron chi connectivity index (χ3n) is 3.37. The van der Waals surface area contributed by atoms with Gasteiger partial charge in [0, 0.05) is 24.4 Å². The summed E-state index contributed by atoms with van der Waals surface area (Å²) in [4.78, 5) is 6.14. The first kappa shape index (κ1) is 13.0. The molecule has 1 aliphatic rings. The molecule has 3 nitrogen and oxygen atoms in total. The van der Waals surface area contributed by atoms with E-state index in [4.69, 9.17) is 9.72 Å². The van der Waals surface area contributed by atoms with Crippen LogP contribution in [0.15, 0.2) is 0 Å². The number of thiazole rings is 1. The molecule has 96 valence electrons. The first-order valence-corrected chi connectivity index (χ1v) is 7.28. The minimum Gasteiger partial charge on any atom is -0.378 e. The van der Waals surface area contributed by atoms with E-state index in [1.54, 1.807) is 7.11 Å². The van der Waals surface area contributed by atoms with Crippen molar-refractivity contribution in [3.8, 4) is 0 Å². The van der Waals surface area contributed by atoms with Gasteiger partial charge in [0.2, 0.25) is 0 Å². The van der Waals surface area contributed by atoms with Crippen molar-refractivity contribution in [1.82, 2.24) is 10.3 Å². The molecule has 0 aliphatic heterocycles. The van der Waals surface area contributed by atoms with Gasteiger partial charge >= 0.3 is 0 Å². The van der Waals surface area contributed by atoms with Gasteiger partial charge < -0.3 is 10.1 Å². The standard InChI is InChI=1S/C13H22N2OS/c1-14-8-12-11(9-16-2)15-13(17-12)10-6-4-3-5-7-10/h10,14H,3-9H2,1-2H3. The van der Waals surface area contributed by atoms with Crippen LogP contribution in [-0.2, 0) is 17.9 Å². The van der Waals surface area contributed by atoms with Crippen LogP contribution >= 0.6 is 11.3 Å². The molecule has 0 amide bonds. The largest absolute Gasteiger partial charge is 0.378 e. The summed E-state index contributed by atoms with van der Waals surface area (Å²) >= 11 is 1.88. The van der Waals surface area contributed by atoms with E-state index in [1.165, 1.54) is 42.0 Å². The van der Waals surface area contributed by atoms with Crippen LogP contribution in [0, 0.1) is 0 Å². The van der Waals surface area contributed by atoms with Gasteiger partial charge in [-0.05, 0) is 19.9 Å². The van der Waals surface area contributed by atoms with E-state index in [0.29, 0.717) is 12.5 Å². The molecule has 0 unspecified atom stereocenters. The summed E-state index contributed by atoms with van der Waals surface area (Å²) in [6.07, 6.45) is 6.77. The number of nitrogens with zero attached hydrogens (tertiary/aromatic N) is 1. The molecule has 0 spiro atoms. The fraction of sp³-hybridized carbons (Fsp3) is 0.769.